The predicted molar refractivity (Wildman–Crippen MR) is 57.2 cm³/mol. The van der Waals surface area contributed by atoms with E-state index in [0.29, 0.717) is 6.47 Å². The topological polar surface area (TPSA) is 61.8 Å². The van der Waals surface area contributed by atoms with Crippen molar-refractivity contribution in [1.29, 1.82) is 0 Å². The molecule has 1 aliphatic rings. The van der Waals surface area contributed by atoms with E-state index in [1.165, 1.54) is 0 Å². The molecule has 17 heavy (non-hydrogen) atoms. The van der Waals surface area contributed by atoms with Gasteiger partial charge in [-0.1, -0.05) is 30.3 Å². The maximum atomic E-state index is 11.0. The number of carbonyl (C=O) groups excluding carboxylic acids is 2. The van der Waals surface area contributed by atoms with Crippen LogP contribution in [0.2, 0.25) is 0 Å². The third-order valence-electron chi connectivity index (χ3n) is 2.64. The van der Waals surface area contributed by atoms with E-state index in [9.17, 15) is 9.59 Å². The Balaban J connectivity index is 2.29. The van der Waals surface area contributed by atoms with Crippen LogP contribution in [0.4, 0.5) is 4.79 Å². The summed E-state index contributed by atoms with van der Waals surface area (Å²) in [5.74, 6) is 0. The number of hydrogen-bond donors (Lipinski definition) is 0. The van der Waals surface area contributed by atoms with Gasteiger partial charge in [0, 0.05) is 0 Å². The molecule has 2 atom stereocenters. The Kier molecular flexibility index (Phi) is 2.99. The van der Waals surface area contributed by atoms with Gasteiger partial charge in [-0.05, 0) is 12.5 Å². The van der Waals surface area contributed by atoms with Gasteiger partial charge in [-0.15, -0.1) is 0 Å². The van der Waals surface area contributed by atoms with Crippen LogP contribution >= 0.6 is 0 Å². The minimum atomic E-state index is -0.987. The summed E-state index contributed by atoms with van der Waals surface area (Å²) >= 11 is 0. The maximum absolute atomic E-state index is 11.0. The molecule has 1 aromatic carbocycles. The SMILES string of the molecule is CC1(C(OC=O)c2ccccc2)COC(=O)O1. The van der Waals surface area contributed by atoms with Crippen molar-refractivity contribution in [2.24, 2.45) is 0 Å². The smallest absolute Gasteiger partial charge is 0.455 e. The monoisotopic (exact) mass is 236 g/mol. The van der Waals surface area contributed by atoms with Crippen LogP contribution in [0.25, 0.3) is 0 Å². The van der Waals surface area contributed by atoms with Gasteiger partial charge in [0.2, 0.25) is 0 Å². The minimum Gasteiger partial charge on any atom is -0.455 e. The van der Waals surface area contributed by atoms with E-state index in [2.05, 4.69) is 0 Å². The van der Waals surface area contributed by atoms with E-state index >= 15 is 0 Å². The van der Waals surface area contributed by atoms with Crippen LogP contribution in [-0.2, 0) is 19.0 Å². The second kappa shape index (κ2) is 4.45. The molecule has 2 rings (SSSR count). The Morgan fingerprint density at radius 2 is 2.12 bits per heavy atom. The van der Waals surface area contributed by atoms with Gasteiger partial charge >= 0.3 is 6.16 Å². The van der Waals surface area contributed by atoms with E-state index in [1.807, 2.05) is 18.2 Å². The Bertz CT molecular complexity index is 416. The standard InChI is InChI=1S/C12H12O5/c1-12(7-15-11(14)17-12)10(16-8-13)9-5-3-2-4-6-9/h2-6,8,10H,7H2,1H3. The number of cyclic esters (lactones) is 2. The van der Waals surface area contributed by atoms with Gasteiger partial charge in [0.1, 0.15) is 6.61 Å². The van der Waals surface area contributed by atoms with Gasteiger partial charge in [-0.2, -0.15) is 0 Å². The highest BCUT2D eigenvalue weighted by Crippen LogP contribution is 2.36. The molecule has 0 amide bonds. The molecule has 1 heterocycles. The average Bonchev–Trinajstić information content (AvgIpc) is 2.68. The normalized spacial score (nSPS) is 24.6. The summed E-state index contributed by atoms with van der Waals surface area (Å²) in [6.45, 7) is 2.06. The van der Waals surface area contributed by atoms with Crippen LogP contribution in [-0.4, -0.2) is 24.8 Å². The van der Waals surface area contributed by atoms with Crippen LogP contribution in [0, 0.1) is 0 Å². The molecular formula is C12H12O5. The molecule has 2 unspecified atom stereocenters. The van der Waals surface area contributed by atoms with E-state index in [0.717, 1.165) is 5.56 Å². The van der Waals surface area contributed by atoms with Crippen LogP contribution in [0.3, 0.4) is 0 Å². The molecule has 1 saturated heterocycles. The zero-order valence-electron chi connectivity index (χ0n) is 9.29. The lowest BCUT2D eigenvalue weighted by Crippen LogP contribution is -2.37. The first-order valence-electron chi connectivity index (χ1n) is 5.15. The van der Waals surface area contributed by atoms with Crippen molar-refractivity contribution in [1.82, 2.24) is 0 Å². The minimum absolute atomic E-state index is 0.0548. The van der Waals surface area contributed by atoms with Gasteiger partial charge in [0.05, 0.1) is 0 Å². The van der Waals surface area contributed by atoms with Gasteiger partial charge in [0.15, 0.2) is 11.7 Å². The molecule has 0 aliphatic carbocycles. The Labute approximate surface area is 98.3 Å². The van der Waals surface area contributed by atoms with Crippen molar-refractivity contribution in [3.8, 4) is 0 Å². The summed E-state index contributed by atoms with van der Waals surface area (Å²) in [4.78, 5) is 21.6. The van der Waals surface area contributed by atoms with Crippen LogP contribution in [0.1, 0.15) is 18.6 Å². The molecule has 0 radical (unpaired) electrons. The molecule has 0 bridgehead atoms. The molecule has 0 N–H and O–H groups in total. The molecule has 1 aliphatic heterocycles. The summed E-state index contributed by atoms with van der Waals surface area (Å²) in [5, 5.41) is 0. The summed E-state index contributed by atoms with van der Waals surface area (Å²) in [6, 6.07) is 9.08. The molecule has 90 valence electrons. The third kappa shape index (κ3) is 2.22. The first-order valence-corrected chi connectivity index (χ1v) is 5.15. The summed E-state index contributed by atoms with van der Waals surface area (Å²) in [7, 11) is 0. The zero-order valence-corrected chi connectivity index (χ0v) is 9.29. The van der Waals surface area contributed by atoms with Crippen molar-refractivity contribution in [3.63, 3.8) is 0 Å². The highest BCUT2D eigenvalue weighted by Gasteiger charge is 2.47. The number of hydrogen-bond acceptors (Lipinski definition) is 5. The zero-order chi connectivity index (χ0) is 12.3. The fourth-order valence-electron chi connectivity index (χ4n) is 1.84. The highest BCUT2D eigenvalue weighted by atomic mass is 16.8. The van der Waals surface area contributed by atoms with E-state index in [1.54, 1.807) is 19.1 Å². The third-order valence-corrected chi connectivity index (χ3v) is 2.64. The molecule has 0 spiro atoms. The van der Waals surface area contributed by atoms with E-state index in [-0.39, 0.29) is 6.61 Å². The Morgan fingerprint density at radius 3 is 2.65 bits per heavy atom. The molecule has 5 nitrogen and oxygen atoms in total. The quantitative estimate of drug-likeness (QED) is 0.589. The second-order valence-electron chi connectivity index (χ2n) is 3.98. The molecule has 5 heteroatoms. The molecule has 0 saturated carbocycles. The lowest BCUT2D eigenvalue weighted by molar-refractivity contribution is -0.146. The van der Waals surface area contributed by atoms with Crippen LogP contribution in [0.15, 0.2) is 30.3 Å². The number of benzene rings is 1. The Morgan fingerprint density at radius 1 is 1.41 bits per heavy atom. The average molecular weight is 236 g/mol. The largest absolute Gasteiger partial charge is 0.509 e. The summed E-state index contributed by atoms with van der Waals surface area (Å²) in [6.07, 6.45) is -1.42. The first kappa shape index (κ1) is 11.4. The fraction of sp³-hybridized carbons (Fsp3) is 0.333. The van der Waals surface area contributed by atoms with Gasteiger partial charge in [0.25, 0.3) is 6.47 Å². The summed E-state index contributed by atoms with van der Waals surface area (Å²) < 4.78 is 14.9. The van der Waals surface area contributed by atoms with Crippen molar-refractivity contribution >= 4 is 12.6 Å². The lowest BCUT2D eigenvalue weighted by atomic mass is 9.93. The second-order valence-corrected chi connectivity index (χ2v) is 3.98. The molecular weight excluding hydrogens is 224 g/mol. The van der Waals surface area contributed by atoms with E-state index in [4.69, 9.17) is 14.2 Å². The van der Waals surface area contributed by atoms with Gasteiger partial charge in [-0.3, -0.25) is 4.79 Å². The Hall–Kier alpha value is -2.04. The van der Waals surface area contributed by atoms with Crippen molar-refractivity contribution in [2.45, 2.75) is 18.6 Å². The van der Waals surface area contributed by atoms with Gasteiger partial charge < -0.3 is 14.2 Å². The summed E-state index contributed by atoms with van der Waals surface area (Å²) in [5.41, 5.74) is -0.236. The molecule has 1 fully saturated rings. The predicted octanol–water partition coefficient (Wildman–Crippen LogP) is 1.83. The van der Waals surface area contributed by atoms with Crippen molar-refractivity contribution in [3.05, 3.63) is 35.9 Å². The number of rotatable bonds is 4. The van der Waals surface area contributed by atoms with Crippen molar-refractivity contribution in [2.75, 3.05) is 6.61 Å². The number of ether oxygens (including phenoxy) is 3. The molecule has 1 aromatic rings. The highest BCUT2D eigenvalue weighted by molar-refractivity contribution is 5.63. The first-order chi connectivity index (χ1) is 8.15. The lowest BCUT2D eigenvalue weighted by Gasteiger charge is -2.28. The number of carbonyl (C=O) groups is 2. The van der Waals surface area contributed by atoms with Crippen molar-refractivity contribution < 1.29 is 23.8 Å². The maximum Gasteiger partial charge on any atom is 0.509 e. The van der Waals surface area contributed by atoms with E-state index < -0.39 is 17.9 Å². The van der Waals surface area contributed by atoms with Crippen LogP contribution < -0.4 is 0 Å². The van der Waals surface area contributed by atoms with Crippen LogP contribution in [0.5, 0.6) is 0 Å². The van der Waals surface area contributed by atoms with Gasteiger partial charge in [-0.25, -0.2) is 4.79 Å². The molecule has 0 aromatic heterocycles. The fourth-order valence-corrected chi connectivity index (χ4v) is 1.84.